The molecule has 0 aliphatic carbocycles. The van der Waals surface area contributed by atoms with Crippen molar-refractivity contribution in [2.75, 3.05) is 31.6 Å². The Morgan fingerprint density at radius 1 is 1.47 bits per heavy atom. The zero-order valence-electron chi connectivity index (χ0n) is 8.98. The Morgan fingerprint density at radius 2 is 2.00 bits per heavy atom. The van der Waals surface area contributed by atoms with Crippen LogP contribution >= 0.6 is 12.2 Å². The molecular formula is C9H18N2O2S2. The molecule has 0 radical (unpaired) electrons. The van der Waals surface area contributed by atoms with Crippen LogP contribution in [-0.4, -0.2) is 49.9 Å². The van der Waals surface area contributed by atoms with Crippen molar-refractivity contribution in [1.82, 2.24) is 4.90 Å². The van der Waals surface area contributed by atoms with E-state index in [-0.39, 0.29) is 5.75 Å². The van der Waals surface area contributed by atoms with Gasteiger partial charge in [0, 0.05) is 18.7 Å². The van der Waals surface area contributed by atoms with Gasteiger partial charge in [0.05, 0.1) is 10.7 Å². The number of nitrogens with zero attached hydrogens (tertiary/aromatic N) is 1. The second-order valence-corrected chi connectivity index (χ2v) is 6.88. The fourth-order valence-corrected chi connectivity index (χ4v) is 2.56. The predicted molar refractivity (Wildman–Crippen MR) is 65.7 cm³/mol. The first-order valence-corrected chi connectivity index (χ1v) is 7.55. The van der Waals surface area contributed by atoms with Gasteiger partial charge in [-0.1, -0.05) is 12.2 Å². The van der Waals surface area contributed by atoms with Crippen LogP contribution in [0.25, 0.3) is 0 Å². The van der Waals surface area contributed by atoms with Gasteiger partial charge in [-0.15, -0.1) is 0 Å². The van der Waals surface area contributed by atoms with E-state index in [9.17, 15) is 8.42 Å². The van der Waals surface area contributed by atoms with Gasteiger partial charge in [0.2, 0.25) is 0 Å². The molecule has 1 rings (SSSR count). The Kier molecular flexibility index (Phi) is 4.48. The maximum atomic E-state index is 11.0. The first-order chi connectivity index (χ1) is 6.88. The van der Waals surface area contributed by atoms with Gasteiger partial charge in [-0.05, 0) is 25.9 Å². The van der Waals surface area contributed by atoms with Crippen LogP contribution < -0.4 is 5.73 Å². The average molecular weight is 250 g/mol. The third-order valence-corrected chi connectivity index (χ3v) is 4.03. The Labute approximate surface area is 96.7 Å². The lowest BCUT2D eigenvalue weighted by atomic mass is 9.97. The number of hydrogen-bond acceptors (Lipinski definition) is 4. The molecule has 0 saturated carbocycles. The lowest BCUT2D eigenvalue weighted by molar-refractivity contribution is 0.221. The topological polar surface area (TPSA) is 63.4 Å². The van der Waals surface area contributed by atoms with Crippen LogP contribution in [0.2, 0.25) is 0 Å². The van der Waals surface area contributed by atoms with Gasteiger partial charge in [-0.3, -0.25) is 0 Å². The highest BCUT2D eigenvalue weighted by molar-refractivity contribution is 7.90. The molecule has 0 spiro atoms. The molecule has 1 saturated heterocycles. The highest BCUT2D eigenvalue weighted by Gasteiger charge is 2.21. The third kappa shape index (κ3) is 4.90. The summed E-state index contributed by atoms with van der Waals surface area (Å²) in [5.74, 6) is 0.583. The van der Waals surface area contributed by atoms with E-state index in [1.165, 1.54) is 6.26 Å². The van der Waals surface area contributed by atoms with Crippen molar-refractivity contribution in [3.05, 3.63) is 0 Å². The van der Waals surface area contributed by atoms with E-state index >= 15 is 0 Å². The third-order valence-electron chi connectivity index (χ3n) is 2.77. The van der Waals surface area contributed by atoms with Crippen molar-refractivity contribution < 1.29 is 8.42 Å². The first-order valence-electron chi connectivity index (χ1n) is 5.08. The first kappa shape index (κ1) is 12.9. The van der Waals surface area contributed by atoms with Crippen molar-refractivity contribution in [3.8, 4) is 0 Å². The standard InChI is InChI=1S/C9H18N2O2S2/c1-15(12,13)7-6-11-4-2-8(3-5-11)9(10)14/h8H,2-7H2,1H3,(H2,10,14). The normalized spacial score (nSPS) is 20.3. The van der Waals surface area contributed by atoms with Crippen molar-refractivity contribution >= 4 is 27.0 Å². The van der Waals surface area contributed by atoms with Gasteiger partial charge < -0.3 is 10.6 Å². The van der Waals surface area contributed by atoms with Crippen LogP contribution in [0.4, 0.5) is 0 Å². The summed E-state index contributed by atoms with van der Waals surface area (Å²) in [5, 5.41) is 0. The Hall–Kier alpha value is -0.200. The Balaban J connectivity index is 2.29. The van der Waals surface area contributed by atoms with Gasteiger partial charge in [0.1, 0.15) is 9.84 Å². The molecule has 1 heterocycles. The van der Waals surface area contributed by atoms with E-state index in [2.05, 4.69) is 4.90 Å². The minimum absolute atomic E-state index is 0.241. The van der Waals surface area contributed by atoms with E-state index in [1.807, 2.05) is 0 Å². The number of likely N-dealkylation sites (tertiary alicyclic amines) is 1. The van der Waals surface area contributed by atoms with Crippen molar-refractivity contribution in [1.29, 1.82) is 0 Å². The summed E-state index contributed by atoms with van der Waals surface area (Å²) in [5.41, 5.74) is 5.57. The molecule has 15 heavy (non-hydrogen) atoms. The van der Waals surface area contributed by atoms with Crippen LogP contribution in [0.15, 0.2) is 0 Å². The number of thiocarbonyl (C=S) groups is 1. The van der Waals surface area contributed by atoms with Gasteiger partial charge in [-0.2, -0.15) is 0 Å². The molecule has 2 N–H and O–H groups in total. The predicted octanol–water partition coefficient (Wildman–Crippen LogP) is 0.0291. The van der Waals surface area contributed by atoms with Crippen LogP contribution in [0.3, 0.4) is 0 Å². The van der Waals surface area contributed by atoms with Crippen LogP contribution in [-0.2, 0) is 9.84 Å². The summed E-state index contributed by atoms with van der Waals surface area (Å²) >= 11 is 4.94. The van der Waals surface area contributed by atoms with E-state index in [1.54, 1.807) is 0 Å². The average Bonchev–Trinajstić information content (AvgIpc) is 2.14. The molecular weight excluding hydrogens is 232 g/mol. The molecule has 1 aliphatic rings. The maximum absolute atomic E-state index is 11.0. The molecule has 0 atom stereocenters. The number of piperidine rings is 1. The quantitative estimate of drug-likeness (QED) is 0.713. The SMILES string of the molecule is CS(=O)(=O)CCN1CCC(C(N)=S)CC1. The maximum Gasteiger partial charge on any atom is 0.148 e. The van der Waals surface area contributed by atoms with Gasteiger partial charge >= 0.3 is 0 Å². The minimum Gasteiger partial charge on any atom is -0.393 e. The zero-order chi connectivity index (χ0) is 11.5. The van der Waals surface area contributed by atoms with E-state index in [4.69, 9.17) is 18.0 Å². The van der Waals surface area contributed by atoms with Crippen LogP contribution in [0.1, 0.15) is 12.8 Å². The molecule has 0 aromatic rings. The number of rotatable bonds is 4. The van der Waals surface area contributed by atoms with E-state index in [0.717, 1.165) is 25.9 Å². The molecule has 1 aliphatic heterocycles. The highest BCUT2D eigenvalue weighted by atomic mass is 32.2. The van der Waals surface area contributed by atoms with Gasteiger partial charge in [0.15, 0.2) is 0 Å². The van der Waals surface area contributed by atoms with Crippen molar-refractivity contribution in [2.45, 2.75) is 12.8 Å². The van der Waals surface area contributed by atoms with Crippen LogP contribution in [0, 0.1) is 5.92 Å². The largest absolute Gasteiger partial charge is 0.393 e. The molecule has 4 nitrogen and oxygen atoms in total. The summed E-state index contributed by atoms with van der Waals surface area (Å²) in [4.78, 5) is 2.76. The minimum atomic E-state index is -2.85. The van der Waals surface area contributed by atoms with Crippen LogP contribution in [0.5, 0.6) is 0 Å². The number of sulfone groups is 1. The van der Waals surface area contributed by atoms with Gasteiger partial charge in [0.25, 0.3) is 0 Å². The summed E-state index contributed by atoms with van der Waals surface area (Å²) < 4.78 is 22.0. The molecule has 0 bridgehead atoms. The summed E-state index contributed by atoms with van der Waals surface area (Å²) in [6.45, 7) is 2.43. The highest BCUT2D eigenvalue weighted by Crippen LogP contribution is 2.16. The fraction of sp³-hybridized carbons (Fsp3) is 0.889. The smallest absolute Gasteiger partial charge is 0.148 e. The Morgan fingerprint density at radius 3 is 2.40 bits per heavy atom. The molecule has 0 unspecified atom stereocenters. The monoisotopic (exact) mass is 250 g/mol. The van der Waals surface area contributed by atoms with E-state index in [0.29, 0.717) is 17.5 Å². The second-order valence-electron chi connectivity index (χ2n) is 4.15. The molecule has 0 aromatic carbocycles. The molecule has 0 aromatic heterocycles. The zero-order valence-corrected chi connectivity index (χ0v) is 10.6. The van der Waals surface area contributed by atoms with Crippen molar-refractivity contribution in [3.63, 3.8) is 0 Å². The molecule has 0 amide bonds. The summed E-state index contributed by atoms with van der Waals surface area (Å²) in [6.07, 6.45) is 3.19. The van der Waals surface area contributed by atoms with Crippen molar-refractivity contribution in [2.24, 2.45) is 11.7 Å². The fourth-order valence-electron chi connectivity index (χ4n) is 1.74. The Bertz CT molecular complexity index is 319. The van der Waals surface area contributed by atoms with E-state index < -0.39 is 9.84 Å². The lowest BCUT2D eigenvalue weighted by Crippen LogP contribution is -2.39. The van der Waals surface area contributed by atoms with Gasteiger partial charge in [-0.25, -0.2) is 8.42 Å². The number of hydrogen-bond donors (Lipinski definition) is 1. The molecule has 88 valence electrons. The second kappa shape index (κ2) is 5.23. The summed E-state index contributed by atoms with van der Waals surface area (Å²) in [6, 6.07) is 0. The lowest BCUT2D eigenvalue weighted by Gasteiger charge is -2.31. The molecule has 1 fully saturated rings. The summed E-state index contributed by atoms with van der Waals surface area (Å²) in [7, 11) is -2.85. The number of nitrogens with two attached hydrogens (primary N) is 1. The molecule has 6 heteroatoms.